The Balaban J connectivity index is 1.16. The molecule has 0 atom stereocenters. The lowest BCUT2D eigenvalue weighted by molar-refractivity contribution is 1.15. The summed E-state index contributed by atoms with van der Waals surface area (Å²) >= 11 is 1.86. The van der Waals surface area contributed by atoms with E-state index in [9.17, 15) is 0 Å². The lowest BCUT2D eigenvalue weighted by Crippen LogP contribution is -1.97. The van der Waals surface area contributed by atoms with E-state index < -0.39 is 0 Å². The zero-order chi connectivity index (χ0) is 29.5. The number of para-hydroxylation sites is 3. The van der Waals surface area contributed by atoms with Gasteiger partial charge in [-0.3, -0.25) is 0 Å². The van der Waals surface area contributed by atoms with E-state index >= 15 is 0 Å². The van der Waals surface area contributed by atoms with E-state index in [1.54, 1.807) is 0 Å². The van der Waals surface area contributed by atoms with Crippen LogP contribution in [-0.2, 0) is 0 Å². The highest BCUT2D eigenvalue weighted by Gasteiger charge is 2.16. The van der Waals surface area contributed by atoms with Crippen LogP contribution in [0, 0.1) is 0 Å². The molecule has 0 aliphatic heterocycles. The summed E-state index contributed by atoms with van der Waals surface area (Å²) in [4.78, 5) is 0. The Hall–Kier alpha value is -5.64. The molecule has 2 nitrogen and oxygen atoms in total. The van der Waals surface area contributed by atoms with Gasteiger partial charge in [0.2, 0.25) is 0 Å². The van der Waals surface area contributed by atoms with Crippen molar-refractivity contribution in [3.8, 4) is 22.5 Å². The van der Waals surface area contributed by atoms with Crippen LogP contribution in [0.5, 0.6) is 0 Å². The fraction of sp³-hybridized carbons (Fsp3) is 0. The largest absolute Gasteiger partial charge is 0.309 e. The van der Waals surface area contributed by atoms with Crippen molar-refractivity contribution in [3.05, 3.63) is 158 Å². The summed E-state index contributed by atoms with van der Waals surface area (Å²) in [5.74, 6) is 0. The van der Waals surface area contributed by atoms with E-state index in [1.165, 1.54) is 74.9 Å². The molecule has 0 aliphatic carbocycles. The van der Waals surface area contributed by atoms with Gasteiger partial charge in [-0.25, -0.2) is 0 Å². The number of aromatic nitrogens is 2. The van der Waals surface area contributed by atoms with E-state index in [-0.39, 0.29) is 0 Å². The highest BCUT2D eigenvalue weighted by molar-refractivity contribution is 7.25. The molecule has 3 aromatic heterocycles. The van der Waals surface area contributed by atoms with Crippen molar-refractivity contribution < 1.29 is 0 Å². The van der Waals surface area contributed by atoms with Crippen molar-refractivity contribution in [3.63, 3.8) is 0 Å². The summed E-state index contributed by atoms with van der Waals surface area (Å²) in [5.41, 5.74) is 9.65. The maximum Gasteiger partial charge on any atom is 0.0561 e. The van der Waals surface area contributed by atoms with Crippen LogP contribution in [0.1, 0.15) is 0 Å². The fourth-order valence-corrected chi connectivity index (χ4v) is 8.37. The Bertz CT molecular complexity index is 2700. The molecule has 0 amide bonds. The van der Waals surface area contributed by atoms with Gasteiger partial charge in [0.1, 0.15) is 0 Å². The molecule has 3 heteroatoms. The summed E-state index contributed by atoms with van der Waals surface area (Å²) < 4.78 is 7.49. The van der Waals surface area contributed by atoms with Crippen molar-refractivity contribution in [2.45, 2.75) is 0 Å². The first-order valence-electron chi connectivity index (χ1n) is 15.4. The van der Waals surface area contributed by atoms with Crippen LogP contribution in [-0.4, -0.2) is 9.13 Å². The summed E-state index contributed by atoms with van der Waals surface area (Å²) in [6.45, 7) is 0. The minimum absolute atomic E-state index is 1.16. The first-order chi connectivity index (χ1) is 22.3. The van der Waals surface area contributed by atoms with Crippen molar-refractivity contribution in [1.29, 1.82) is 0 Å². The van der Waals surface area contributed by atoms with Gasteiger partial charge in [-0.05, 0) is 71.8 Å². The zero-order valence-corrected chi connectivity index (χ0v) is 25.1. The molecular formula is C42H26N2S. The third-order valence-corrected chi connectivity index (χ3v) is 10.5. The number of thiophene rings is 1. The molecule has 7 aromatic carbocycles. The number of nitrogens with zero attached hydrogens (tertiary/aromatic N) is 2. The molecular weight excluding hydrogens is 565 g/mol. The molecule has 0 radical (unpaired) electrons. The second kappa shape index (κ2) is 9.43. The maximum atomic E-state index is 2.42. The SMILES string of the molecule is c1ccc2c(c1)sc1ccc(-c3ccc(-n4c5ccccc5c5ccc(-n6c7ccccc7c7ccccc76)cc54)cc3)cc12. The lowest BCUT2D eigenvalue weighted by Gasteiger charge is -2.12. The van der Waals surface area contributed by atoms with E-state index in [1.807, 2.05) is 11.3 Å². The Morgan fingerprint density at radius 3 is 1.47 bits per heavy atom. The second-order valence-electron chi connectivity index (χ2n) is 11.8. The van der Waals surface area contributed by atoms with E-state index in [0.29, 0.717) is 0 Å². The van der Waals surface area contributed by atoms with Gasteiger partial charge in [-0.1, -0.05) is 97.1 Å². The number of benzene rings is 7. The monoisotopic (exact) mass is 590 g/mol. The molecule has 0 saturated heterocycles. The third kappa shape index (κ3) is 3.62. The van der Waals surface area contributed by atoms with Gasteiger partial charge in [0.25, 0.3) is 0 Å². The Morgan fingerprint density at radius 2 is 0.800 bits per heavy atom. The smallest absolute Gasteiger partial charge is 0.0561 e. The topological polar surface area (TPSA) is 9.86 Å². The summed E-state index contributed by atoms with van der Waals surface area (Å²) in [5, 5.41) is 7.74. The molecule has 210 valence electrons. The molecule has 0 unspecified atom stereocenters. The minimum atomic E-state index is 1.16. The quantitative estimate of drug-likeness (QED) is 0.194. The van der Waals surface area contributed by atoms with Crippen molar-refractivity contribution in [1.82, 2.24) is 9.13 Å². The number of hydrogen-bond acceptors (Lipinski definition) is 1. The van der Waals surface area contributed by atoms with Crippen LogP contribution < -0.4 is 0 Å². The molecule has 10 rings (SSSR count). The lowest BCUT2D eigenvalue weighted by atomic mass is 10.0. The van der Waals surface area contributed by atoms with Gasteiger partial charge < -0.3 is 9.13 Å². The van der Waals surface area contributed by atoms with Gasteiger partial charge >= 0.3 is 0 Å². The first-order valence-corrected chi connectivity index (χ1v) is 16.2. The van der Waals surface area contributed by atoms with Crippen LogP contribution in [0.2, 0.25) is 0 Å². The van der Waals surface area contributed by atoms with E-state index in [0.717, 1.165) is 11.4 Å². The molecule has 0 N–H and O–H groups in total. The van der Waals surface area contributed by atoms with Gasteiger partial charge in [0.05, 0.1) is 22.1 Å². The molecule has 0 bridgehead atoms. The van der Waals surface area contributed by atoms with Gasteiger partial charge in [0.15, 0.2) is 0 Å². The molecule has 45 heavy (non-hydrogen) atoms. The maximum absolute atomic E-state index is 2.42. The normalized spacial score (nSPS) is 12.0. The summed E-state index contributed by atoms with van der Waals surface area (Å²) in [6, 6.07) is 57.7. The summed E-state index contributed by atoms with van der Waals surface area (Å²) in [6.07, 6.45) is 0. The minimum Gasteiger partial charge on any atom is -0.309 e. The molecule has 3 heterocycles. The number of hydrogen-bond donors (Lipinski definition) is 0. The standard InChI is InChI=1S/C42H26N2S/c1-6-14-38-31(9-1)32-10-2-7-15-39(32)44(38)30-22-23-34-33-11-3-5-13-37(33)43(40(34)26-30)29-20-17-27(18-21-29)28-19-24-42-36(25-28)35-12-4-8-16-41(35)45-42/h1-26H. The zero-order valence-electron chi connectivity index (χ0n) is 24.3. The third-order valence-electron chi connectivity index (χ3n) is 9.33. The number of fused-ring (bicyclic) bond motifs is 9. The van der Waals surface area contributed by atoms with Crippen LogP contribution in [0.15, 0.2) is 158 Å². The van der Waals surface area contributed by atoms with Gasteiger partial charge in [-0.2, -0.15) is 0 Å². The van der Waals surface area contributed by atoms with Crippen molar-refractivity contribution >= 4 is 75.1 Å². The predicted molar refractivity (Wildman–Crippen MR) is 193 cm³/mol. The van der Waals surface area contributed by atoms with Gasteiger partial charge in [0, 0.05) is 53.1 Å². The Kier molecular flexibility index (Phi) is 5.19. The predicted octanol–water partition coefficient (Wildman–Crippen LogP) is 11.9. The molecule has 0 spiro atoms. The van der Waals surface area contributed by atoms with E-state index in [2.05, 4.69) is 167 Å². The van der Waals surface area contributed by atoms with Gasteiger partial charge in [-0.15, -0.1) is 11.3 Å². The van der Waals surface area contributed by atoms with Crippen molar-refractivity contribution in [2.24, 2.45) is 0 Å². The molecule has 0 aliphatic rings. The molecule has 0 saturated carbocycles. The Morgan fingerprint density at radius 1 is 0.311 bits per heavy atom. The summed E-state index contributed by atoms with van der Waals surface area (Å²) in [7, 11) is 0. The highest BCUT2D eigenvalue weighted by Crippen LogP contribution is 2.39. The van der Waals surface area contributed by atoms with Crippen LogP contribution in [0.3, 0.4) is 0 Å². The van der Waals surface area contributed by atoms with Crippen LogP contribution >= 0.6 is 11.3 Å². The van der Waals surface area contributed by atoms with E-state index in [4.69, 9.17) is 0 Å². The van der Waals surface area contributed by atoms with Crippen LogP contribution in [0.4, 0.5) is 0 Å². The second-order valence-corrected chi connectivity index (χ2v) is 12.9. The fourth-order valence-electron chi connectivity index (χ4n) is 7.29. The number of rotatable bonds is 3. The van der Waals surface area contributed by atoms with Crippen LogP contribution in [0.25, 0.3) is 86.3 Å². The first kappa shape index (κ1) is 24.8. The van der Waals surface area contributed by atoms with Crippen molar-refractivity contribution in [2.75, 3.05) is 0 Å². The average molecular weight is 591 g/mol. The highest BCUT2D eigenvalue weighted by atomic mass is 32.1. The molecule has 10 aromatic rings. The molecule has 0 fully saturated rings. The Labute approximate surface area is 263 Å². The average Bonchev–Trinajstić information content (AvgIpc) is 3.75.